The highest BCUT2D eigenvalue weighted by Gasteiger charge is 2.15. The van der Waals surface area contributed by atoms with E-state index in [0.29, 0.717) is 10.9 Å². The summed E-state index contributed by atoms with van der Waals surface area (Å²) in [6, 6.07) is 4.15. The first-order valence-corrected chi connectivity index (χ1v) is 6.35. The van der Waals surface area contributed by atoms with Crippen LogP contribution >= 0.6 is 11.8 Å². The van der Waals surface area contributed by atoms with Crippen molar-refractivity contribution in [1.82, 2.24) is 0 Å². The van der Waals surface area contributed by atoms with Crippen LogP contribution in [-0.2, 0) is 4.79 Å². The zero-order valence-corrected chi connectivity index (χ0v) is 11.0. The molecular weight excluding hydrogens is 239 g/mol. The van der Waals surface area contributed by atoms with Crippen molar-refractivity contribution in [1.29, 1.82) is 0 Å². The normalized spacial score (nSPS) is 12.5. The molecule has 0 fully saturated rings. The van der Waals surface area contributed by atoms with Gasteiger partial charge in [0.25, 0.3) is 0 Å². The molecule has 1 aromatic rings. The zero-order valence-electron chi connectivity index (χ0n) is 10.2. The molecule has 0 spiro atoms. The number of thioether (sulfide) groups is 1. The van der Waals surface area contributed by atoms with Crippen molar-refractivity contribution in [2.45, 2.75) is 31.3 Å². The van der Waals surface area contributed by atoms with E-state index in [1.54, 1.807) is 11.8 Å². The van der Waals surface area contributed by atoms with Crippen LogP contribution in [0.4, 0.5) is 15.8 Å². The van der Waals surface area contributed by atoms with Gasteiger partial charge in [0.2, 0.25) is 5.91 Å². The summed E-state index contributed by atoms with van der Waals surface area (Å²) in [5.74, 6) is -0.581. The Morgan fingerprint density at radius 1 is 1.41 bits per heavy atom. The van der Waals surface area contributed by atoms with Crippen LogP contribution in [0, 0.1) is 5.82 Å². The number of hydrogen-bond donors (Lipinski definition) is 2. The van der Waals surface area contributed by atoms with Crippen LogP contribution in [-0.4, -0.2) is 16.4 Å². The second-order valence-electron chi connectivity index (χ2n) is 4.05. The Balaban J connectivity index is 2.64. The number of carbonyl (C=O) groups is 1. The maximum atomic E-state index is 12.9. The number of amides is 1. The number of halogens is 1. The number of hydrogen-bond acceptors (Lipinski definition) is 3. The van der Waals surface area contributed by atoms with Gasteiger partial charge in [-0.25, -0.2) is 4.39 Å². The van der Waals surface area contributed by atoms with E-state index in [0.717, 1.165) is 0 Å². The maximum Gasteiger partial charge on any atom is 0.237 e. The van der Waals surface area contributed by atoms with Gasteiger partial charge in [-0.2, -0.15) is 0 Å². The minimum absolute atomic E-state index is 0.0342. The number of nitrogens with two attached hydrogens (primary N) is 1. The van der Waals surface area contributed by atoms with Gasteiger partial charge in [0.05, 0.1) is 10.9 Å². The number of anilines is 2. The van der Waals surface area contributed by atoms with Crippen LogP contribution in [0.5, 0.6) is 0 Å². The lowest BCUT2D eigenvalue weighted by atomic mass is 10.2. The van der Waals surface area contributed by atoms with E-state index in [9.17, 15) is 9.18 Å². The molecule has 1 rings (SSSR count). The number of nitrogen functional groups attached to an aromatic ring is 1. The lowest BCUT2D eigenvalue weighted by molar-refractivity contribution is -0.115. The molecule has 3 N–H and O–H groups in total. The molecule has 0 heterocycles. The molecule has 1 atom stereocenters. The number of rotatable bonds is 4. The number of carbonyl (C=O) groups excluding carboxylic acids is 1. The molecule has 1 unspecified atom stereocenters. The van der Waals surface area contributed by atoms with Gasteiger partial charge in [-0.3, -0.25) is 4.79 Å². The molecule has 0 saturated heterocycles. The molecular formula is C12H17FN2OS. The van der Waals surface area contributed by atoms with Crippen molar-refractivity contribution in [2.24, 2.45) is 0 Å². The minimum Gasteiger partial charge on any atom is -0.396 e. The average molecular weight is 256 g/mol. The number of benzene rings is 1. The standard InChI is InChI=1S/C12H17FN2OS/c1-7(2)17-8(3)12(16)15-9-4-5-10(13)11(14)6-9/h4-8H,14H2,1-3H3,(H,15,16). The van der Waals surface area contributed by atoms with Crippen molar-refractivity contribution < 1.29 is 9.18 Å². The van der Waals surface area contributed by atoms with E-state index in [1.165, 1.54) is 18.2 Å². The van der Waals surface area contributed by atoms with E-state index in [4.69, 9.17) is 5.73 Å². The molecule has 1 amide bonds. The number of nitrogens with one attached hydrogen (secondary N) is 1. The minimum atomic E-state index is -0.479. The van der Waals surface area contributed by atoms with Crippen LogP contribution in [0.2, 0.25) is 0 Å². The lowest BCUT2D eigenvalue weighted by Gasteiger charge is -2.14. The van der Waals surface area contributed by atoms with Crippen LogP contribution in [0.15, 0.2) is 18.2 Å². The molecule has 0 aliphatic heterocycles. The largest absolute Gasteiger partial charge is 0.396 e. The summed E-state index contributed by atoms with van der Waals surface area (Å²) in [4.78, 5) is 11.8. The van der Waals surface area contributed by atoms with Gasteiger partial charge in [0.15, 0.2) is 0 Å². The summed E-state index contributed by atoms with van der Waals surface area (Å²) in [6.07, 6.45) is 0. The van der Waals surface area contributed by atoms with Gasteiger partial charge in [-0.05, 0) is 30.4 Å². The van der Waals surface area contributed by atoms with E-state index in [-0.39, 0.29) is 16.8 Å². The molecule has 0 bridgehead atoms. The SMILES string of the molecule is CC(C)SC(C)C(=O)Nc1ccc(F)c(N)c1. The smallest absolute Gasteiger partial charge is 0.237 e. The first kappa shape index (κ1) is 13.8. The molecule has 0 aliphatic carbocycles. The van der Waals surface area contributed by atoms with E-state index in [1.807, 2.05) is 20.8 Å². The molecule has 94 valence electrons. The quantitative estimate of drug-likeness (QED) is 0.814. The van der Waals surface area contributed by atoms with Gasteiger partial charge in [-0.15, -0.1) is 11.8 Å². The highest BCUT2D eigenvalue weighted by atomic mass is 32.2. The Kier molecular flexibility index (Phi) is 4.81. The van der Waals surface area contributed by atoms with Crippen molar-refractivity contribution in [3.63, 3.8) is 0 Å². The van der Waals surface area contributed by atoms with E-state index in [2.05, 4.69) is 5.32 Å². The van der Waals surface area contributed by atoms with Gasteiger partial charge in [0.1, 0.15) is 5.82 Å². The molecule has 0 saturated carbocycles. The van der Waals surface area contributed by atoms with E-state index < -0.39 is 5.82 Å². The summed E-state index contributed by atoms with van der Waals surface area (Å²) in [6.45, 7) is 5.90. The fourth-order valence-electron chi connectivity index (χ4n) is 1.34. The highest BCUT2D eigenvalue weighted by molar-refractivity contribution is 8.01. The molecule has 5 heteroatoms. The van der Waals surface area contributed by atoms with Crippen LogP contribution in [0.25, 0.3) is 0 Å². The average Bonchev–Trinajstić information content (AvgIpc) is 2.22. The topological polar surface area (TPSA) is 55.1 Å². The second-order valence-corrected chi connectivity index (χ2v) is 5.97. The van der Waals surface area contributed by atoms with Crippen LogP contribution < -0.4 is 11.1 Å². The van der Waals surface area contributed by atoms with Crippen LogP contribution in [0.3, 0.4) is 0 Å². The molecule has 3 nitrogen and oxygen atoms in total. The fourth-order valence-corrected chi connectivity index (χ4v) is 2.33. The van der Waals surface area contributed by atoms with Crippen molar-refractivity contribution in [3.05, 3.63) is 24.0 Å². The first-order chi connectivity index (χ1) is 7.90. The Bertz CT molecular complexity index is 409. The van der Waals surface area contributed by atoms with Gasteiger partial charge >= 0.3 is 0 Å². The van der Waals surface area contributed by atoms with Gasteiger partial charge in [-0.1, -0.05) is 13.8 Å². The maximum absolute atomic E-state index is 12.9. The molecule has 0 aliphatic rings. The Hall–Kier alpha value is -1.23. The third-order valence-electron chi connectivity index (χ3n) is 2.11. The van der Waals surface area contributed by atoms with Gasteiger partial charge < -0.3 is 11.1 Å². The summed E-state index contributed by atoms with van der Waals surface area (Å²) in [5, 5.41) is 2.94. The third-order valence-corrected chi connectivity index (χ3v) is 3.28. The molecule has 0 radical (unpaired) electrons. The second kappa shape index (κ2) is 5.91. The monoisotopic (exact) mass is 256 g/mol. The third kappa shape index (κ3) is 4.26. The molecule has 0 aromatic heterocycles. The lowest BCUT2D eigenvalue weighted by Crippen LogP contribution is -2.23. The van der Waals surface area contributed by atoms with Crippen molar-refractivity contribution in [2.75, 3.05) is 11.1 Å². The van der Waals surface area contributed by atoms with Crippen LogP contribution in [0.1, 0.15) is 20.8 Å². The summed E-state index contributed by atoms with van der Waals surface area (Å²) >= 11 is 1.57. The van der Waals surface area contributed by atoms with Crippen molar-refractivity contribution in [3.8, 4) is 0 Å². The van der Waals surface area contributed by atoms with Gasteiger partial charge in [0, 0.05) is 5.69 Å². The Morgan fingerprint density at radius 2 is 2.06 bits per heavy atom. The summed E-state index contributed by atoms with van der Waals surface area (Å²) in [5.41, 5.74) is 5.97. The fraction of sp³-hybridized carbons (Fsp3) is 0.417. The highest BCUT2D eigenvalue weighted by Crippen LogP contribution is 2.20. The first-order valence-electron chi connectivity index (χ1n) is 5.41. The Morgan fingerprint density at radius 3 is 2.59 bits per heavy atom. The van der Waals surface area contributed by atoms with Crippen molar-refractivity contribution >= 4 is 29.0 Å². The van der Waals surface area contributed by atoms with E-state index >= 15 is 0 Å². The molecule has 17 heavy (non-hydrogen) atoms. The Labute approximate surface area is 105 Å². The summed E-state index contributed by atoms with van der Waals surface area (Å²) in [7, 11) is 0. The summed E-state index contributed by atoms with van der Waals surface area (Å²) < 4.78 is 12.9. The predicted molar refractivity (Wildman–Crippen MR) is 71.6 cm³/mol. The predicted octanol–water partition coefficient (Wildman–Crippen LogP) is 2.88. The zero-order chi connectivity index (χ0) is 13.0. The molecule has 1 aromatic carbocycles.